The predicted octanol–water partition coefficient (Wildman–Crippen LogP) is 2.74. The summed E-state index contributed by atoms with van der Waals surface area (Å²) in [5.41, 5.74) is 0.893. The molecule has 0 spiro atoms. The van der Waals surface area contributed by atoms with Crippen LogP contribution in [0.2, 0.25) is 0 Å². The Balaban J connectivity index is 0.00000261. The van der Waals surface area contributed by atoms with Crippen molar-refractivity contribution in [3.05, 3.63) is 53.7 Å². The fourth-order valence-corrected chi connectivity index (χ4v) is 2.67. The summed E-state index contributed by atoms with van der Waals surface area (Å²) >= 11 is 0. The van der Waals surface area contributed by atoms with E-state index >= 15 is 0 Å². The quantitative estimate of drug-likeness (QED) is 0.866. The van der Waals surface area contributed by atoms with Gasteiger partial charge in [-0.15, -0.1) is 0 Å². The molecule has 1 amide bonds. The number of carbonyl (C=O) groups is 1. The second-order valence-corrected chi connectivity index (χ2v) is 5.87. The van der Waals surface area contributed by atoms with Gasteiger partial charge in [0.2, 0.25) is 17.5 Å². The molecule has 3 rings (SSSR count). The number of hydrogen-bond donors (Lipinski definition) is 1. The van der Waals surface area contributed by atoms with Gasteiger partial charge in [-0.05, 0) is 17.7 Å². The van der Waals surface area contributed by atoms with E-state index in [2.05, 4.69) is 15.2 Å². The van der Waals surface area contributed by atoms with E-state index in [0.29, 0.717) is 26.2 Å². The van der Waals surface area contributed by atoms with Crippen molar-refractivity contribution in [3.63, 3.8) is 0 Å². The van der Waals surface area contributed by atoms with Gasteiger partial charge in [-0.25, -0.2) is 13.8 Å². The molecule has 0 unspecified atom stereocenters. The van der Waals surface area contributed by atoms with E-state index < -0.39 is 23.5 Å². The first-order chi connectivity index (χ1) is 12.6. The minimum atomic E-state index is -0.788. The third kappa shape index (κ3) is 5.21. The number of likely N-dealkylation sites (N-methyl/N-ethyl adjacent to an activating group) is 1. The molecule has 1 aliphatic heterocycles. The van der Waals surface area contributed by atoms with Crippen molar-refractivity contribution in [1.29, 1.82) is 0 Å². The monoisotopic (exact) mass is 379 g/mol. The molecule has 1 aromatic heterocycles. The highest BCUT2D eigenvalue weighted by Gasteiger charge is 2.25. The van der Waals surface area contributed by atoms with Gasteiger partial charge in [-0.1, -0.05) is 19.6 Å². The zero-order chi connectivity index (χ0) is 18.5. The van der Waals surface area contributed by atoms with Gasteiger partial charge >= 0.3 is 0 Å². The Morgan fingerprint density at radius 3 is 2.70 bits per heavy atom. The Labute approximate surface area is 157 Å². The van der Waals surface area contributed by atoms with Gasteiger partial charge in [-0.3, -0.25) is 9.69 Å². The summed E-state index contributed by atoms with van der Waals surface area (Å²) in [4.78, 5) is 17.9. The molecule has 2 aromatic rings. The molecule has 0 saturated carbocycles. The number of rotatable bonds is 5. The van der Waals surface area contributed by atoms with Crippen LogP contribution in [0, 0.1) is 11.6 Å². The number of halogens is 2. The van der Waals surface area contributed by atoms with Crippen molar-refractivity contribution < 1.29 is 23.0 Å². The lowest BCUT2D eigenvalue weighted by Gasteiger charge is -2.31. The predicted molar refractivity (Wildman–Crippen MR) is 96.5 cm³/mol. The Morgan fingerprint density at radius 1 is 1.33 bits per heavy atom. The van der Waals surface area contributed by atoms with Crippen LogP contribution >= 0.6 is 0 Å². The molecule has 8 heteroatoms. The number of aromatic nitrogens is 1. The zero-order valence-electron chi connectivity index (χ0n) is 14.2. The van der Waals surface area contributed by atoms with Crippen LogP contribution < -0.4 is 10.1 Å². The molecule has 6 nitrogen and oxygen atoms in total. The van der Waals surface area contributed by atoms with Crippen LogP contribution in [0.4, 0.5) is 8.78 Å². The van der Waals surface area contributed by atoms with E-state index in [1.807, 2.05) is 0 Å². The van der Waals surface area contributed by atoms with Gasteiger partial charge in [0.25, 0.3) is 0 Å². The number of para-hydroxylation sites is 1. The molecule has 0 radical (unpaired) electrons. The Morgan fingerprint density at radius 2 is 2.07 bits per heavy atom. The lowest BCUT2D eigenvalue weighted by Crippen LogP contribution is -2.48. The molecule has 2 heterocycles. The van der Waals surface area contributed by atoms with Crippen molar-refractivity contribution in [2.75, 3.05) is 26.7 Å². The summed E-state index contributed by atoms with van der Waals surface area (Å²) in [7, 11) is 1.58. The van der Waals surface area contributed by atoms with Crippen LogP contribution in [0.1, 0.15) is 13.0 Å². The summed E-state index contributed by atoms with van der Waals surface area (Å²) in [6.07, 6.45) is 1.09. The fourth-order valence-electron chi connectivity index (χ4n) is 2.67. The van der Waals surface area contributed by atoms with E-state index in [9.17, 15) is 13.6 Å². The summed E-state index contributed by atoms with van der Waals surface area (Å²) in [5.74, 6) is -2.10. The van der Waals surface area contributed by atoms with Crippen molar-refractivity contribution in [2.45, 2.75) is 20.1 Å². The lowest BCUT2D eigenvalue weighted by molar-refractivity contribution is -0.138. The van der Waals surface area contributed by atoms with Crippen molar-refractivity contribution in [3.8, 4) is 11.6 Å². The van der Waals surface area contributed by atoms with Crippen molar-refractivity contribution >= 4 is 5.91 Å². The standard InChI is InChI=1S/C18H19F2N3O3.CH4/c1-21-18(24)15-11-23(7-8-25-15)10-12-5-6-16(22-9-12)26-17-13(19)3-2-4-14(17)20;/h2-6,9,15H,7-8,10-11H2,1H3,(H,21,24);1H4/t15-;/m0./s1. The van der Waals surface area contributed by atoms with Gasteiger partial charge in [0.1, 0.15) is 6.10 Å². The molecule has 1 atom stereocenters. The largest absolute Gasteiger partial charge is 0.433 e. The lowest BCUT2D eigenvalue weighted by atomic mass is 10.2. The summed E-state index contributed by atoms with van der Waals surface area (Å²) in [6, 6.07) is 6.83. The van der Waals surface area contributed by atoms with Crippen LogP contribution in [0.5, 0.6) is 11.6 Å². The first-order valence-corrected chi connectivity index (χ1v) is 8.19. The molecule has 0 bridgehead atoms. The highest BCUT2D eigenvalue weighted by molar-refractivity contribution is 5.80. The molecular formula is C19H23F2N3O3. The van der Waals surface area contributed by atoms with Crippen molar-refractivity contribution in [1.82, 2.24) is 15.2 Å². The molecule has 146 valence electrons. The zero-order valence-corrected chi connectivity index (χ0v) is 14.2. The van der Waals surface area contributed by atoms with Gasteiger partial charge in [0.15, 0.2) is 11.6 Å². The van der Waals surface area contributed by atoms with Crippen LogP contribution in [0.3, 0.4) is 0 Å². The third-order valence-electron chi connectivity index (χ3n) is 4.02. The molecule has 1 N–H and O–H groups in total. The minimum Gasteiger partial charge on any atom is -0.433 e. The first kappa shape index (κ1) is 20.7. The summed E-state index contributed by atoms with van der Waals surface area (Å²) in [6.45, 7) is 2.24. The maximum Gasteiger partial charge on any atom is 0.250 e. The van der Waals surface area contributed by atoms with Crippen molar-refractivity contribution in [2.24, 2.45) is 0 Å². The molecule has 1 fully saturated rings. The van der Waals surface area contributed by atoms with Gasteiger partial charge in [-0.2, -0.15) is 0 Å². The normalized spacial score (nSPS) is 17.1. The second-order valence-electron chi connectivity index (χ2n) is 5.87. The van der Waals surface area contributed by atoms with Crippen LogP contribution in [0.15, 0.2) is 36.5 Å². The second kappa shape index (κ2) is 9.38. The number of morpholine rings is 1. The molecular weight excluding hydrogens is 356 g/mol. The third-order valence-corrected chi connectivity index (χ3v) is 4.02. The summed E-state index contributed by atoms with van der Waals surface area (Å²) in [5, 5.41) is 2.58. The minimum absolute atomic E-state index is 0. The van der Waals surface area contributed by atoms with Crippen LogP contribution in [-0.4, -0.2) is 48.6 Å². The smallest absolute Gasteiger partial charge is 0.250 e. The van der Waals surface area contributed by atoms with Crippen LogP contribution in [0.25, 0.3) is 0 Å². The Kier molecular flexibility index (Phi) is 7.20. The van der Waals surface area contributed by atoms with E-state index in [0.717, 1.165) is 17.7 Å². The summed E-state index contributed by atoms with van der Waals surface area (Å²) < 4.78 is 37.9. The van der Waals surface area contributed by atoms with E-state index in [1.165, 1.54) is 6.07 Å². The number of benzene rings is 1. The molecule has 1 aromatic carbocycles. The number of amides is 1. The average molecular weight is 379 g/mol. The highest BCUT2D eigenvalue weighted by Crippen LogP contribution is 2.26. The molecule has 1 aliphatic rings. The van der Waals surface area contributed by atoms with E-state index in [-0.39, 0.29) is 19.2 Å². The fraction of sp³-hybridized carbons (Fsp3) is 0.368. The molecule has 1 saturated heterocycles. The molecule has 0 aliphatic carbocycles. The number of nitrogens with one attached hydrogen (secondary N) is 1. The number of carbonyl (C=O) groups excluding carboxylic acids is 1. The number of hydrogen-bond acceptors (Lipinski definition) is 5. The maximum absolute atomic E-state index is 13.6. The number of ether oxygens (including phenoxy) is 2. The Bertz CT molecular complexity index is 751. The van der Waals surface area contributed by atoms with Gasteiger partial charge in [0, 0.05) is 38.9 Å². The molecule has 27 heavy (non-hydrogen) atoms. The maximum atomic E-state index is 13.6. The average Bonchev–Trinajstić information content (AvgIpc) is 2.66. The van der Waals surface area contributed by atoms with Crippen LogP contribution in [-0.2, 0) is 16.1 Å². The van der Waals surface area contributed by atoms with Gasteiger partial charge < -0.3 is 14.8 Å². The van der Waals surface area contributed by atoms with Gasteiger partial charge in [0.05, 0.1) is 6.61 Å². The topological polar surface area (TPSA) is 63.7 Å². The first-order valence-electron chi connectivity index (χ1n) is 8.19. The van der Waals surface area contributed by atoms with E-state index in [1.54, 1.807) is 25.4 Å². The number of pyridine rings is 1. The van der Waals surface area contributed by atoms with E-state index in [4.69, 9.17) is 9.47 Å². The number of nitrogens with zero attached hydrogens (tertiary/aromatic N) is 2. The highest BCUT2D eigenvalue weighted by atomic mass is 19.1. The Hall–Kier alpha value is -2.58. The SMILES string of the molecule is C.CNC(=O)[C@@H]1CN(Cc2ccc(Oc3c(F)cccc3F)nc2)CCO1.